The predicted molar refractivity (Wildman–Crippen MR) is 122 cm³/mol. The third kappa shape index (κ3) is 2.74. The van der Waals surface area contributed by atoms with Gasteiger partial charge in [-0.25, -0.2) is 0 Å². The van der Waals surface area contributed by atoms with E-state index in [4.69, 9.17) is 4.74 Å². The molecule has 3 nitrogen and oxygen atoms in total. The van der Waals surface area contributed by atoms with E-state index in [1.165, 1.54) is 43.2 Å². The molecule has 1 heterocycles. The van der Waals surface area contributed by atoms with Crippen LogP contribution in [0.2, 0.25) is 0 Å². The second-order valence-corrected chi connectivity index (χ2v) is 9.49. The SMILES string of the molecule is CC12Oc3c(ccc4cc(O)ccc34)C(C3CCCCC3)C1=CC=C1C=C(O)C#CC12. The Labute approximate surface area is 182 Å². The zero-order chi connectivity index (χ0) is 21.2. The van der Waals surface area contributed by atoms with Crippen LogP contribution in [0.25, 0.3) is 10.8 Å². The van der Waals surface area contributed by atoms with Crippen molar-refractivity contribution in [3.8, 4) is 23.3 Å². The number of rotatable bonds is 1. The van der Waals surface area contributed by atoms with Crippen LogP contribution < -0.4 is 4.74 Å². The van der Waals surface area contributed by atoms with Crippen molar-refractivity contribution in [2.24, 2.45) is 11.8 Å². The van der Waals surface area contributed by atoms with E-state index in [2.05, 4.69) is 43.0 Å². The van der Waals surface area contributed by atoms with Crippen molar-refractivity contribution in [3.63, 3.8) is 0 Å². The number of fused-ring (bicyclic) bond motifs is 6. The Morgan fingerprint density at radius 2 is 1.87 bits per heavy atom. The van der Waals surface area contributed by atoms with E-state index in [1.807, 2.05) is 6.07 Å². The summed E-state index contributed by atoms with van der Waals surface area (Å²) in [6.45, 7) is 2.17. The first-order chi connectivity index (χ1) is 15.0. The van der Waals surface area contributed by atoms with Crippen LogP contribution in [0.1, 0.15) is 50.5 Å². The summed E-state index contributed by atoms with van der Waals surface area (Å²) < 4.78 is 6.90. The molecular formula is C28H26O3. The molecule has 0 spiro atoms. The first-order valence-electron chi connectivity index (χ1n) is 11.3. The van der Waals surface area contributed by atoms with Gasteiger partial charge in [-0.3, -0.25) is 0 Å². The van der Waals surface area contributed by atoms with Crippen molar-refractivity contribution in [1.82, 2.24) is 0 Å². The highest BCUT2D eigenvalue weighted by molar-refractivity contribution is 5.91. The topological polar surface area (TPSA) is 49.7 Å². The number of ether oxygens (including phenoxy) is 1. The molecule has 4 aliphatic rings. The maximum atomic E-state index is 10.0. The Kier molecular flexibility index (Phi) is 4.02. The number of phenols is 1. The van der Waals surface area contributed by atoms with E-state index >= 15 is 0 Å². The van der Waals surface area contributed by atoms with Gasteiger partial charge in [0.25, 0.3) is 0 Å². The third-order valence-corrected chi connectivity index (χ3v) is 7.65. The molecule has 6 rings (SSSR count). The van der Waals surface area contributed by atoms with E-state index in [9.17, 15) is 10.2 Å². The van der Waals surface area contributed by atoms with Crippen molar-refractivity contribution >= 4 is 10.8 Å². The summed E-state index contributed by atoms with van der Waals surface area (Å²) in [5, 5.41) is 22.0. The molecule has 3 atom stereocenters. The second kappa shape index (κ2) is 6.69. The molecule has 2 aromatic carbocycles. The summed E-state index contributed by atoms with van der Waals surface area (Å²) in [6.07, 6.45) is 12.5. The lowest BCUT2D eigenvalue weighted by molar-refractivity contribution is 0.0714. The Morgan fingerprint density at radius 3 is 2.71 bits per heavy atom. The predicted octanol–water partition coefficient (Wildman–Crippen LogP) is 6.30. The van der Waals surface area contributed by atoms with Crippen LogP contribution in [0.5, 0.6) is 11.5 Å². The first kappa shape index (κ1) is 18.6. The van der Waals surface area contributed by atoms with Gasteiger partial charge >= 0.3 is 0 Å². The molecule has 2 aromatic rings. The fourth-order valence-corrected chi connectivity index (χ4v) is 6.17. The van der Waals surface area contributed by atoms with Gasteiger partial charge in [-0.1, -0.05) is 49.5 Å². The van der Waals surface area contributed by atoms with Gasteiger partial charge in [0.2, 0.25) is 0 Å². The van der Waals surface area contributed by atoms with Crippen LogP contribution in [-0.2, 0) is 0 Å². The number of hydrogen-bond acceptors (Lipinski definition) is 3. The molecule has 0 bridgehead atoms. The van der Waals surface area contributed by atoms with Crippen molar-refractivity contribution in [3.05, 3.63) is 71.0 Å². The Morgan fingerprint density at radius 1 is 1.03 bits per heavy atom. The van der Waals surface area contributed by atoms with Gasteiger partial charge < -0.3 is 14.9 Å². The molecule has 1 aliphatic heterocycles. The van der Waals surface area contributed by atoms with Crippen molar-refractivity contribution in [2.75, 3.05) is 0 Å². The fourth-order valence-electron chi connectivity index (χ4n) is 6.17. The van der Waals surface area contributed by atoms with Crippen LogP contribution in [0.3, 0.4) is 0 Å². The number of aliphatic hydroxyl groups excluding tert-OH is 1. The molecule has 0 aromatic heterocycles. The largest absolute Gasteiger partial charge is 0.508 e. The minimum Gasteiger partial charge on any atom is -0.508 e. The van der Waals surface area contributed by atoms with Crippen LogP contribution in [0.4, 0.5) is 0 Å². The van der Waals surface area contributed by atoms with Crippen molar-refractivity contribution in [1.29, 1.82) is 0 Å². The van der Waals surface area contributed by atoms with E-state index in [0.29, 0.717) is 11.8 Å². The molecule has 0 radical (unpaired) electrons. The minimum absolute atomic E-state index is 0.115. The third-order valence-electron chi connectivity index (χ3n) is 7.65. The highest BCUT2D eigenvalue weighted by Crippen LogP contribution is 2.57. The molecule has 2 N–H and O–H groups in total. The van der Waals surface area contributed by atoms with Gasteiger partial charge in [0.15, 0.2) is 5.76 Å². The van der Waals surface area contributed by atoms with E-state index < -0.39 is 5.60 Å². The summed E-state index contributed by atoms with van der Waals surface area (Å²) in [7, 11) is 0. The van der Waals surface area contributed by atoms with Crippen molar-refractivity contribution < 1.29 is 14.9 Å². The molecular weight excluding hydrogens is 384 g/mol. The fraction of sp³-hybridized carbons (Fsp3) is 0.357. The number of allylic oxidation sites excluding steroid dienone is 4. The summed E-state index contributed by atoms with van der Waals surface area (Å²) in [6, 6.07) is 9.82. The van der Waals surface area contributed by atoms with Crippen LogP contribution >= 0.6 is 0 Å². The van der Waals surface area contributed by atoms with Crippen LogP contribution in [0.15, 0.2) is 65.5 Å². The Bertz CT molecular complexity index is 1250. The molecule has 156 valence electrons. The Hall–Kier alpha value is -3.12. The van der Waals surface area contributed by atoms with Gasteiger partial charge in [-0.2, -0.15) is 0 Å². The van der Waals surface area contributed by atoms with E-state index in [0.717, 1.165) is 22.1 Å². The molecule has 0 saturated heterocycles. The molecule has 3 aliphatic carbocycles. The maximum absolute atomic E-state index is 10.0. The smallest absolute Gasteiger partial charge is 0.167 e. The Balaban J connectivity index is 1.59. The number of phenolic OH excluding ortho intramolecular Hbond substituents is 1. The highest BCUT2D eigenvalue weighted by Gasteiger charge is 2.51. The van der Waals surface area contributed by atoms with E-state index in [1.54, 1.807) is 18.2 Å². The molecule has 1 fully saturated rings. The van der Waals surface area contributed by atoms with Gasteiger partial charge in [-0.15, -0.1) is 0 Å². The molecule has 0 amide bonds. The van der Waals surface area contributed by atoms with Crippen LogP contribution in [-0.4, -0.2) is 15.8 Å². The average molecular weight is 411 g/mol. The number of benzene rings is 2. The molecule has 1 saturated carbocycles. The van der Waals surface area contributed by atoms with Gasteiger partial charge in [0.1, 0.15) is 17.1 Å². The summed E-state index contributed by atoms with van der Waals surface area (Å²) >= 11 is 0. The quantitative estimate of drug-likeness (QED) is 0.542. The zero-order valence-corrected chi connectivity index (χ0v) is 17.7. The summed E-state index contributed by atoms with van der Waals surface area (Å²) in [5.74, 6) is 8.24. The molecule has 3 heteroatoms. The number of aromatic hydroxyl groups is 1. The monoisotopic (exact) mass is 410 g/mol. The zero-order valence-electron chi connectivity index (χ0n) is 17.7. The maximum Gasteiger partial charge on any atom is 0.167 e. The first-order valence-corrected chi connectivity index (χ1v) is 11.3. The molecule has 3 unspecified atom stereocenters. The summed E-state index contributed by atoms with van der Waals surface area (Å²) in [5.41, 5.74) is 2.98. The average Bonchev–Trinajstić information content (AvgIpc) is 2.77. The summed E-state index contributed by atoms with van der Waals surface area (Å²) in [4.78, 5) is 0. The number of hydrogen-bond donors (Lipinski definition) is 2. The lowest BCUT2D eigenvalue weighted by Crippen LogP contribution is -2.50. The normalized spacial score (nSPS) is 29.3. The second-order valence-electron chi connectivity index (χ2n) is 9.49. The minimum atomic E-state index is -0.588. The lowest BCUT2D eigenvalue weighted by atomic mass is 9.62. The highest BCUT2D eigenvalue weighted by atomic mass is 16.5. The number of aliphatic hydroxyl groups is 1. The lowest BCUT2D eigenvalue weighted by Gasteiger charge is -2.50. The van der Waals surface area contributed by atoms with Crippen LogP contribution in [0, 0.1) is 23.7 Å². The van der Waals surface area contributed by atoms with Gasteiger partial charge in [0, 0.05) is 16.9 Å². The molecule has 31 heavy (non-hydrogen) atoms. The van der Waals surface area contributed by atoms with E-state index in [-0.39, 0.29) is 17.4 Å². The van der Waals surface area contributed by atoms with Crippen molar-refractivity contribution in [2.45, 2.75) is 50.5 Å². The van der Waals surface area contributed by atoms with Gasteiger partial charge in [-0.05, 0) is 72.4 Å². The van der Waals surface area contributed by atoms with Gasteiger partial charge in [0.05, 0.1) is 5.92 Å². The standard InChI is InChI=1S/C28H26O3/c1-28-24-14-10-21(30)16-19(24)8-13-25(28)26(17-5-3-2-4-6-17)23-11-7-18-15-20(29)9-12-22(18)27(23)31-28/h7-9,11-13,15-17,24,26,29-30H,2-6H2,1H3.